The summed E-state index contributed by atoms with van der Waals surface area (Å²) in [5.41, 5.74) is 1.45. The van der Waals surface area contributed by atoms with E-state index in [1.54, 1.807) is 72.8 Å². The molecule has 0 radical (unpaired) electrons. The molecule has 0 fully saturated rings. The van der Waals surface area contributed by atoms with E-state index in [1.165, 1.54) is 0 Å². The van der Waals surface area contributed by atoms with Gasteiger partial charge in [-0.05, 0) is 24.3 Å². The van der Waals surface area contributed by atoms with E-state index in [4.69, 9.17) is 16.3 Å². The summed E-state index contributed by atoms with van der Waals surface area (Å²) in [6.07, 6.45) is -1.01. The molecule has 0 saturated heterocycles. The molecule has 3 nitrogen and oxygen atoms in total. The summed E-state index contributed by atoms with van der Waals surface area (Å²) < 4.78 is 5.55. The minimum absolute atomic E-state index is 0.269. The first-order chi connectivity index (χ1) is 12.1. The predicted molar refractivity (Wildman–Crippen MR) is 96.8 cm³/mol. The first kappa shape index (κ1) is 16.9. The van der Waals surface area contributed by atoms with Crippen molar-refractivity contribution in [3.05, 3.63) is 107 Å². The fourth-order valence-corrected chi connectivity index (χ4v) is 2.54. The lowest BCUT2D eigenvalue weighted by Gasteiger charge is -2.17. The van der Waals surface area contributed by atoms with Crippen molar-refractivity contribution < 1.29 is 14.3 Å². The van der Waals surface area contributed by atoms with Crippen LogP contribution in [0, 0.1) is 0 Å². The van der Waals surface area contributed by atoms with Gasteiger partial charge in [0.1, 0.15) is 0 Å². The largest absolute Gasteiger partial charge is 0.445 e. The van der Waals surface area contributed by atoms with Crippen LogP contribution in [0.3, 0.4) is 0 Å². The van der Waals surface area contributed by atoms with Gasteiger partial charge in [0.2, 0.25) is 5.78 Å². The lowest BCUT2D eigenvalue weighted by molar-refractivity contribution is 0.0280. The van der Waals surface area contributed by atoms with Crippen LogP contribution in [0.5, 0.6) is 0 Å². The van der Waals surface area contributed by atoms with Crippen LogP contribution in [0.2, 0.25) is 5.02 Å². The molecule has 25 heavy (non-hydrogen) atoms. The summed E-state index contributed by atoms with van der Waals surface area (Å²) in [6, 6.07) is 24.1. The number of halogens is 1. The van der Waals surface area contributed by atoms with Crippen LogP contribution < -0.4 is 0 Å². The number of ketones is 1. The van der Waals surface area contributed by atoms with Gasteiger partial charge in [-0.3, -0.25) is 4.79 Å². The van der Waals surface area contributed by atoms with Crippen LogP contribution in [-0.2, 0) is 4.74 Å². The van der Waals surface area contributed by atoms with E-state index in [2.05, 4.69) is 0 Å². The zero-order valence-corrected chi connectivity index (χ0v) is 14.0. The van der Waals surface area contributed by atoms with Crippen LogP contribution in [0.25, 0.3) is 0 Å². The molecule has 0 aromatic heterocycles. The molecule has 3 rings (SSSR count). The second-order valence-electron chi connectivity index (χ2n) is 5.43. The average molecular weight is 351 g/mol. The fourth-order valence-electron chi connectivity index (χ4n) is 2.42. The van der Waals surface area contributed by atoms with E-state index < -0.39 is 12.1 Å². The van der Waals surface area contributed by atoms with Gasteiger partial charge in [-0.15, -0.1) is 0 Å². The summed E-state index contributed by atoms with van der Waals surface area (Å²) in [7, 11) is 0. The molecule has 4 heteroatoms. The van der Waals surface area contributed by atoms with E-state index >= 15 is 0 Å². The Morgan fingerprint density at radius 2 is 1.28 bits per heavy atom. The first-order valence-corrected chi connectivity index (χ1v) is 8.14. The van der Waals surface area contributed by atoms with Gasteiger partial charge in [-0.2, -0.15) is 0 Å². The molecule has 0 N–H and O–H groups in total. The van der Waals surface area contributed by atoms with Crippen molar-refractivity contribution in [3.63, 3.8) is 0 Å². The molecule has 0 amide bonds. The predicted octanol–water partition coefficient (Wildman–Crippen LogP) is 5.12. The zero-order chi connectivity index (χ0) is 17.6. The highest BCUT2D eigenvalue weighted by Crippen LogP contribution is 2.24. The van der Waals surface area contributed by atoms with Crippen molar-refractivity contribution in [1.82, 2.24) is 0 Å². The number of carbonyl (C=O) groups excluding carboxylic acids is 2. The second kappa shape index (κ2) is 7.77. The lowest BCUT2D eigenvalue weighted by atomic mass is 10.00. The molecule has 0 aliphatic carbocycles. The minimum Gasteiger partial charge on any atom is -0.445 e. The van der Waals surface area contributed by atoms with Crippen molar-refractivity contribution >= 4 is 23.4 Å². The van der Waals surface area contributed by atoms with Crippen molar-refractivity contribution in [2.75, 3.05) is 0 Å². The third-order valence-electron chi connectivity index (χ3n) is 3.70. The van der Waals surface area contributed by atoms with Gasteiger partial charge >= 0.3 is 5.97 Å². The van der Waals surface area contributed by atoms with Crippen molar-refractivity contribution in [3.8, 4) is 0 Å². The number of hydrogen-bond acceptors (Lipinski definition) is 3. The molecule has 0 unspecified atom stereocenters. The fraction of sp³-hybridized carbons (Fsp3) is 0.0476. The summed E-state index contributed by atoms with van der Waals surface area (Å²) in [5.74, 6) is -0.844. The zero-order valence-electron chi connectivity index (χ0n) is 13.3. The summed E-state index contributed by atoms with van der Waals surface area (Å²) in [4.78, 5) is 25.3. The van der Waals surface area contributed by atoms with Crippen molar-refractivity contribution in [2.45, 2.75) is 6.10 Å². The van der Waals surface area contributed by atoms with Gasteiger partial charge in [0, 0.05) is 16.1 Å². The Morgan fingerprint density at radius 1 is 0.720 bits per heavy atom. The maximum absolute atomic E-state index is 12.9. The Bertz CT molecular complexity index is 859. The normalized spacial score (nSPS) is 11.6. The topological polar surface area (TPSA) is 43.4 Å². The van der Waals surface area contributed by atoms with Gasteiger partial charge < -0.3 is 4.74 Å². The third-order valence-corrected chi connectivity index (χ3v) is 3.96. The monoisotopic (exact) mass is 350 g/mol. The number of Topliss-reactive ketones (excluding diaryl/α,β-unsaturated/α-hetero) is 1. The quantitative estimate of drug-likeness (QED) is 0.473. The highest BCUT2D eigenvalue weighted by Gasteiger charge is 2.26. The Hall–Kier alpha value is -2.91. The summed E-state index contributed by atoms with van der Waals surface area (Å²) in [5, 5.41) is 0.525. The van der Waals surface area contributed by atoms with Crippen molar-refractivity contribution in [2.24, 2.45) is 0 Å². The highest BCUT2D eigenvalue weighted by atomic mass is 35.5. The molecule has 0 aliphatic heterocycles. The molecular weight excluding hydrogens is 336 g/mol. The number of esters is 1. The number of carbonyl (C=O) groups is 2. The molecular formula is C21H15ClO3. The molecule has 1 atom stereocenters. The Labute approximate surface area is 150 Å². The van der Waals surface area contributed by atoms with Crippen LogP contribution in [0.4, 0.5) is 0 Å². The Kier molecular flexibility index (Phi) is 5.26. The maximum atomic E-state index is 12.9. The van der Waals surface area contributed by atoms with Gasteiger partial charge in [0.25, 0.3) is 0 Å². The second-order valence-corrected chi connectivity index (χ2v) is 5.87. The van der Waals surface area contributed by atoms with E-state index in [9.17, 15) is 9.59 Å². The average Bonchev–Trinajstić information content (AvgIpc) is 2.67. The number of benzene rings is 3. The molecule has 0 heterocycles. The number of hydrogen-bond donors (Lipinski definition) is 0. The SMILES string of the molecule is O=C(O[C@@H](C(=O)c1ccccc1)c1ccccc1)c1ccc(Cl)cc1. The smallest absolute Gasteiger partial charge is 0.339 e. The first-order valence-electron chi connectivity index (χ1n) is 7.76. The van der Waals surface area contributed by atoms with Gasteiger partial charge in [0.15, 0.2) is 6.10 Å². The number of ether oxygens (including phenoxy) is 1. The van der Waals surface area contributed by atoms with Crippen LogP contribution in [0.15, 0.2) is 84.9 Å². The molecule has 0 saturated carbocycles. The summed E-state index contributed by atoms with van der Waals surface area (Å²) in [6.45, 7) is 0. The minimum atomic E-state index is -1.01. The van der Waals surface area contributed by atoms with E-state index in [0.29, 0.717) is 21.7 Å². The molecule has 0 aliphatic rings. The van der Waals surface area contributed by atoms with Gasteiger partial charge in [-0.25, -0.2) is 4.79 Å². The molecule has 124 valence electrons. The molecule has 0 spiro atoms. The Morgan fingerprint density at radius 3 is 1.88 bits per heavy atom. The van der Waals surface area contributed by atoms with Gasteiger partial charge in [-0.1, -0.05) is 72.3 Å². The highest BCUT2D eigenvalue weighted by molar-refractivity contribution is 6.30. The van der Waals surface area contributed by atoms with Crippen molar-refractivity contribution in [1.29, 1.82) is 0 Å². The van der Waals surface area contributed by atoms with E-state index in [0.717, 1.165) is 0 Å². The van der Waals surface area contributed by atoms with Crippen LogP contribution in [0.1, 0.15) is 32.4 Å². The maximum Gasteiger partial charge on any atom is 0.339 e. The summed E-state index contributed by atoms with van der Waals surface area (Å²) >= 11 is 5.84. The van der Waals surface area contributed by atoms with Crippen LogP contribution >= 0.6 is 11.6 Å². The van der Waals surface area contributed by atoms with E-state index in [1.807, 2.05) is 12.1 Å². The van der Waals surface area contributed by atoms with E-state index in [-0.39, 0.29) is 5.78 Å². The number of rotatable bonds is 5. The standard InChI is InChI=1S/C21H15ClO3/c22-18-13-11-17(12-14-18)21(24)25-20(16-9-5-2-6-10-16)19(23)15-7-3-1-4-8-15/h1-14,20H/t20-/m1/s1. The Balaban J connectivity index is 1.90. The van der Waals surface area contributed by atoms with Crippen LogP contribution in [-0.4, -0.2) is 11.8 Å². The molecule has 0 bridgehead atoms. The lowest BCUT2D eigenvalue weighted by Crippen LogP contribution is -2.20. The van der Waals surface area contributed by atoms with Gasteiger partial charge in [0.05, 0.1) is 5.56 Å². The third kappa shape index (κ3) is 4.14. The molecule has 3 aromatic carbocycles. The molecule has 3 aromatic rings.